The Bertz CT molecular complexity index is 321. The van der Waals surface area contributed by atoms with Gasteiger partial charge in [-0.2, -0.15) is 0 Å². The van der Waals surface area contributed by atoms with Gasteiger partial charge in [-0.15, -0.1) is 0 Å². The fourth-order valence-corrected chi connectivity index (χ4v) is 1.36. The molecule has 0 aliphatic heterocycles. The summed E-state index contributed by atoms with van der Waals surface area (Å²) in [7, 11) is 0. The molecule has 1 atom stereocenters. The van der Waals surface area contributed by atoms with Gasteiger partial charge in [0.1, 0.15) is 0 Å². The first kappa shape index (κ1) is 10.7. The summed E-state index contributed by atoms with van der Waals surface area (Å²) in [5.41, 5.74) is 0.901. The molecule has 0 amide bonds. The highest BCUT2D eigenvalue weighted by atomic mass is 16.6. The van der Waals surface area contributed by atoms with Crippen LogP contribution < -0.4 is 0 Å². The zero-order valence-electron chi connectivity index (χ0n) is 8.01. The van der Waals surface area contributed by atoms with Crippen LogP contribution in [0.5, 0.6) is 0 Å². The van der Waals surface area contributed by atoms with E-state index in [2.05, 4.69) is 0 Å². The van der Waals surface area contributed by atoms with Crippen molar-refractivity contribution in [2.24, 2.45) is 0 Å². The van der Waals surface area contributed by atoms with E-state index < -0.39 is 4.92 Å². The zero-order valence-corrected chi connectivity index (χ0v) is 8.01. The van der Waals surface area contributed by atoms with E-state index in [0.29, 0.717) is 0 Å². The van der Waals surface area contributed by atoms with Crippen LogP contribution in [0.4, 0.5) is 5.69 Å². The predicted molar refractivity (Wildman–Crippen MR) is 53.2 cm³/mol. The lowest BCUT2D eigenvalue weighted by Gasteiger charge is -2.10. The molecule has 0 aliphatic rings. The Balaban J connectivity index is 2.98. The van der Waals surface area contributed by atoms with E-state index in [1.54, 1.807) is 12.1 Å². The van der Waals surface area contributed by atoms with Crippen molar-refractivity contribution >= 4 is 5.69 Å². The van der Waals surface area contributed by atoms with Crippen LogP contribution in [0.15, 0.2) is 24.3 Å². The average molecular weight is 195 g/mol. The van der Waals surface area contributed by atoms with Crippen LogP contribution in [-0.4, -0.2) is 16.6 Å². The van der Waals surface area contributed by atoms with Crippen molar-refractivity contribution in [1.29, 1.82) is 0 Å². The van der Waals surface area contributed by atoms with Crippen molar-refractivity contribution < 1.29 is 10.0 Å². The van der Waals surface area contributed by atoms with Crippen molar-refractivity contribution in [3.63, 3.8) is 0 Å². The number of benzene rings is 1. The molecular formula is C10H13NO3. The monoisotopic (exact) mass is 195 g/mol. The summed E-state index contributed by atoms with van der Waals surface area (Å²) in [6, 6.07) is 6.42. The molecule has 0 saturated carbocycles. The normalized spacial score (nSPS) is 12.4. The SMILES string of the molecule is CCC(CO)c1cccc([N+](=O)[O-])c1. The van der Waals surface area contributed by atoms with Crippen molar-refractivity contribution in [1.82, 2.24) is 0 Å². The molecule has 0 aromatic heterocycles. The van der Waals surface area contributed by atoms with Crippen LogP contribution >= 0.6 is 0 Å². The molecule has 76 valence electrons. The molecule has 0 heterocycles. The van der Waals surface area contributed by atoms with Gasteiger partial charge >= 0.3 is 0 Å². The quantitative estimate of drug-likeness (QED) is 0.591. The Kier molecular flexibility index (Phi) is 3.59. The second-order valence-electron chi connectivity index (χ2n) is 3.14. The largest absolute Gasteiger partial charge is 0.396 e. The lowest BCUT2D eigenvalue weighted by Crippen LogP contribution is -2.02. The number of nitro groups is 1. The number of nitrogens with zero attached hydrogens (tertiary/aromatic N) is 1. The number of non-ortho nitro benzene ring substituents is 1. The summed E-state index contributed by atoms with van der Waals surface area (Å²) in [6.07, 6.45) is 0.775. The van der Waals surface area contributed by atoms with Crippen LogP contribution in [0, 0.1) is 10.1 Å². The van der Waals surface area contributed by atoms with Gasteiger partial charge in [-0.05, 0) is 12.0 Å². The highest BCUT2D eigenvalue weighted by Crippen LogP contribution is 2.22. The molecule has 0 aliphatic carbocycles. The number of rotatable bonds is 4. The van der Waals surface area contributed by atoms with Crippen LogP contribution in [0.1, 0.15) is 24.8 Å². The van der Waals surface area contributed by atoms with E-state index in [0.717, 1.165) is 12.0 Å². The maximum atomic E-state index is 10.5. The molecular weight excluding hydrogens is 182 g/mol. The molecule has 1 aromatic carbocycles. The summed E-state index contributed by atoms with van der Waals surface area (Å²) >= 11 is 0. The topological polar surface area (TPSA) is 63.4 Å². The Labute approximate surface area is 82.3 Å². The summed E-state index contributed by atoms with van der Waals surface area (Å²) in [4.78, 5) is 10.1. The van der Waals surface area contributed by atoms with Crippen molar-refractivity contribution in [3.05, 3.63) is 39.9 Å². The highest BCUT2D eigenvalue weighted by molar-refractivity contribution is 5.35. The summed E-state index contributed by atoms with van der Waals surface area (Å²) in [5, 5.41) is 19.5. The molecule has 0 bridgehead atoms. The molecule has 0 saturated heterocycles. The molecule has 1 unspecified atom stereocenters. The Morgan fingerprint density at radius 2 is 2.29 bits per heavy atom. The Morgan fingerprint density at radius 3 is 2.79 bits per heavy atom. The van der Waals surface area contributed by atoms with Gasteiger partial charge in [-0.3, -0.25) is 10.1 Å². The molecule has 0 fully saturated rings. The van der Waals surface area contributed by atoms with Gasteiger partial charge in [0, 0.05) is 24.7 Å². The first-order valence-corrected chi connectivity index (χ1v) is 4.54. The summed E-state index contributed by atoms with van der Waals surface area (Å²) < 4.78 is 0. The molecule has 14 heavy (non-hydrogen) atoms. The fraction of sp³-hybridized carbons (Fsp3) is 0.400. The van der Waals surface area contributed by atoms with Crippen molar-refractivity contribution in [3.8, 4) is 0 Å². The molecule has 4 heteroatoms. The second kappa shape index (κ2) is 4.72. The summed E-state index contributed by atoms with van der Waals surface area (Å²) in [5.74, 6) is -0.00472. The van der Waals surface area contributed by atoms with E-state index in [-0.39, 0.29) is 18.2 Å². The minimum absolute atomic E-state index is 0.00472. The second-order valence-corrected chi connectivity index (χ2v) is 3.14. The van der Waals surface area contributed by atoms with E-state index in [1.807, 2.05) is 6.92 Å². The van der Waals surface area contributed by atoms with Gasteiger partial charge in [0.05, 0.1) is 4.92 Å². The third-order valence-corrected chi connectivity index (χ3v) is 2.27. The summed E-state index contributed by atoms with van der Waals surface area (Å²) in [6.45, 7) is 1.97. The van der Waals surface area contributed by atoms with Crippen LogP contribution in [-0.2, 0) is 0 Å². The van der Waals surface area contributed by atoms with E-state index in [9.17, 15) is 10.1 Å². The first-order valence-electron chi connectivity index (χ1n) is 4.54. The van der Waals surface area contributed by atoms with Crippen LogP contribution in [0.2, 0.25) is 0 Å². The zero-order chi connectivity index (χ0) is 10.6. The van der Waals surface area contributed by atoms with Gasteiger partial charge in [0.25, 0.3) is 5.69 Å². The van der Waals surface area contributed by atoms with E-state index >= 15 is 0 Å². The lowest BCUT2D eigenvalue weighted by atomic mass is 9.97. The fourth-order valence-electron chi connectivity index (χ4n) is 1.36. The molecule has 0 spiro atoms. The van der Waals surface area contributed by atoms with Gasteiger partial charge in [0.2, 0.25) is 0 Å². The predicted octanol–water partition coefficient (Wildman–Crippen LogP) is 2.08. The third kappa shape index (κ3) is 2.29. The van der Waals surface area contributed by atoms with E-state index in [4.69, 9.17) is 5.11 Å². The lowest BCUT2D eigenvalue weighted by molar-refractivity contribution is -0.384. The molecule has 1 N–H and O–H groups in total. The first-order chi connectivity index (χ1) is 6.69. The van der Waals surface area contributed by atoms with Crippen molar-refractivity contribution in [2.75, 3.05) is 6.61 Å². The maximum Gasteiger partial charge on any atom is 0.269 e. The van der Waals surface area contributed by atoms with Gasteiger partial charge < -0.3 is 5.11 Å². The molecule has 4 nitrogen and oxygen atoms in total. The smallest absolute Gasteiger partial charge is 0.269 e. The maximum absolute atomic E-state index is 10.5. The standard InChI is InChI=1S/C10H13NO3/c1-2-8(7-12)9-4-3-5-10(6-9)11(13)14/h3-6,8,12H,2,7H2,1H3. The molecule has 1 aromatic rings. The van der Waals surface area contributed by atoms with E-state index in [1.165, 1.54) is 12.1 Å². The Morgan fingerprint density at radius 1 is 1.57 bits per heavy atom. The number of nitro benzene ring substituents is 1. The molecule has 0 radical (unpaired) electrons. The minimum atomic E-state index is -0.423. The highest BCUT2D eigenvalue weighted by Gasteiger charge is 2.11. The number of hydrogen-bond donors (Lipinski definition) is 1. The molecule has 1 rings (SSSR count). The van der Waals surface area contributed by atoms with Crippen LogP contribution in [0.25, 0.3) is 0 Å². The van der Waals surface area contributed by atoms with Crippen molar-refractivity contribution in [2.45, 2.75) is 19.3 Å². The average Bonchev–Trinajstić information content (AvgIpc) is 2.20. The van der Waals surface area contributed by atoms with Gasteiger partial charge in [-0.1, -0.05) is 19.1 Å². The minimum Gasteiger partial charge on any atom is -0.396 e. The van der Waals surface area contributed by atoms with Gasteiger partial charge in [0.15, 0.2) is 0 Å². The number of aliphatic hydroxyl groups is 1. The van der Waals surface area contributed by atoms with Crippen LogP contribution in [0.3, 0.4) is 0 Å². The third-order valence-electron chi connectivity index (χ3n) is 2.27. The van der Waals surface area contributed by atoms with Gasteiger partial charge in [-0.25, -0.2) is 0 Å². The number of aliphatic hydroxyl groups excluding tert-OH is 1. The number of hydrogen-bond acceptors (Lipinski definition) is 3. The Hall–Kier alpha value is -1.42.